The van der Waals surface area contributed by atoms with Gasteiger partial charge in [-0.25, -0.2) is 0 Å². The first kappa shape index (κ1) is 25.0. The normalized spacial score (nSPS) is 21.0. The topological polar surface area (TPSA) is 134 Å². The van der Waals surface area contributed by atoms with Crippen LogP contribution in [0, 0.1) is 0 Å². The van der Waals surface area contributed by atoms with Crippen LogP contribution in [0.2, 0.25) is 0 Å². The molecule has 4 rings (SSSR count). The van der Waals surface area contributed by atoms with E-state index in [1.165, 1.54) is 43.3 Å². The average Bonchev–Trinajstić information content (AvgIpc) is 3.35. The predicted molar refractivity (Wildman–Crippen MR) is 121 cm³/mol. The fourth-order valence-electron chi connectivity index (χ4n) is 4.87. The molecule has 1 unspecified atom stereocenters. The lowest BCUT2D eigenvalue weighted by Gasteiger charge is -2.40. The number of halogens is 2. The van der Waals surface area contributed by atoms with Gasteiger partial charge in [-0.2, -0.15) is 8.78 Å². The largest absolute Gasteiger partial charge is 0.490 e. The van der Waals surface area contributed by atoms with Gasteiger partial charge in [0.05, 0.1) is 23.4 Å². The molecule has 36 heavy (non-hydrogen) atoms. The van der Waals surface area contributed by atoms with E-state index in [0.717, 1.165) is 4.90 Å². The van der Waals surface area contributed by atoms with Crippen molar-refractivity contribution in [1.82, 2.24) is 10.2 Å². The van der Waals surface area contributed by atoms with Crippen molar-refractivity contribution in [2.75, 3.05) is 18.5 Å². The number of aliphatic carboxylic acids is 1. The van der Waals surface area contributed by atoms with Gasteiger partial charge in [-0.3, -0.25) is 24.1 Å². The summed E-state index contributed by atoms with van der Waals surface area (Å²) in [5, 5.41) is 15.4. The van der Waals surface area contributed by atoms with E-state index in [9.17, 15) is 33.1 Å². The highest BCUT2D eigenvalue weighted by Gasteiger charge is 2.59. The molecule has 0 aliphatic carbocycles. The molecule has 1 fully saturated rings. The summed E-state index contributed by atoms with van der Waals surface area (Å²) in [6.07, 6.45) is 0.0194. The van der Waals surface area contributed by atoms with Gasteiger partial charge in [-0.1, -0.05) is 12.1 Å². The Balaban J connectivity index is 1.91. The molecule has 3 amide bonds. The standard InChI is InChI=1S/C24H23F2N3O7/c1-3-35-17-11-13(7-8-16(17)36-23(25)26)24(9-10-27-19(24)22(33)34)29-20(31)14-5-4-6-15(28-12(2)30)18(14)21(29)32/h4-8,11,19,23,27H,3,9-10H2,1-2H3,(H,28,30)(H,33,34)/t19-,24?/m1/s1. The molecule has 2 atom stereocenters. The molecule has 0 aromatic heterocycles. The third kappa shape index (κ3) is 4.02. The number of fused-ring (bicyclic) bond motifs is 1. The second kappa shape index (κ2) is 9.53. The SMILES string of the molecule is CCOc1cc(C2(N3C(=O)c4cccc(NC(C)=O)c4C3=O)CCN[C@@H]2C(=O)O)ccc1OC(F)F. The summed E-state index contributed by atoms with van der Waals surface area (Å²) < 4.78 is 35.8. The van der Waals surface area contributed by atoms with Gasteiger partial charge in [-0.05, 0) is 49.7 Å². The van der Waals surface area contributed by atoms with E-state index in [1.807, 2.05) is 0 Å². The van der Waals surface area contributed by atoms with Crippen LogP contribution in [0.25, 0.3) is 0 Å². The molecule has 0 spiro atoms. The van der Waals surface area contributed by atoms with E-state index in [4.69, 9.17) is 4.74 Å². The Kier molecular flexibility index (Phi) is 6.63. The van der Waals surface area contributed by atoms with Crippen molar-refractivity contribution in [3.63, 3.8) is 0 Å². The third-order valence-corrected chi connectivity index (χ3v) is 6.16. The first-order chi connectivity index (χ1) is 17.1. The van der Waals surface area contributed by atoms with Crippen molar-refractivity contribution in [1.29, 1.82) is 0 Å². The number of alkyl halides is 2. The Morgan fingerprint density at radius 2 is 1.97 bits per heavy atom. The highest BCUT2D eigenvalue weighted by Crippen LogP contribution is 2.47. The van der Waals surface area contributed by atoms with Crippen molar-refractivity contribution in [3.8, 4) is 11.5 Å². The fourth-order valence-corrected chi connectivity index (χ4v) is 4.87. The molecule has 2 aromatic carbocycles. The summed E-state index contributed by atoms with van der Waals surface area (Å²) in [7, 11) is 0. The number of benzene rings is 2. The van der Waals surface area contributed by atoms with Crippen LogP contribution in [0.4, 0.5) is 14.5 Å². The van der Waals surface area contributed by atoms with Gasteiger partial charge in [0.15, 0.2) is 11.5 Å². The molecular formula is C24H23F2N3O7. The number of rotatable bonds is 8. The average molecular weight is 503 g/mol. The van der Waals surface area contributed by atoms with Gasteiger partial charge in [-0.15, -0.1) is 0 Å². The second-order valence-corrected chi connectivity index (χ2v) is 8.23. The molecule has 0 radical (unpaired) electrons. The molecule has 0 bridgehead atoms. The maximum absolute atomic E-state index is 13.7. The van der Waals surface area contributed by atoms with Crippen LogP contribution in [0.1, 0.15) is 46.5 Å². The maximum atomic E-state index is 13.7. The molecule has 190 valence electrons. The lowest BCUT2D eigenvalue weighted by molar-refractivity contribution is -0.142. The van der Waals surface area contributed by atoms with Crippen molar-refractivity contribution in [2.45, 2.75) is 38.5 Å². The van der Waals surface area contributed by atoms with Crippen molar-refractivity contribution >= 4 is 29.4 Å². The van der Waals surface area contributed by atoms with Crippen LogP contribution >= 0.6 is 0 Å². The van der Waals surface area contributed by atoms with Gasteiger partial charge in [0.1, 0.15) is 11.6 Å². The minimum absolute atomic E-state index is 0.00403. The highest BCUT2D eigenvalue weighted by molar-refractivity contribution is 6.25. The van der Waals surface area contributed by atoms with Crippen molar-refractivity contribution in [3.05, 3.63) is 53.1 Å². The molecular weight excluding hydrogens is 480 g/mol. The zero-order chi connectivity index (χ0) is 26.2. The number of nitrogens with one attached hydrogen (secondary N) is 2. The Bertz CT molecular complexity index is 1250. The smallest absolute Gasteiger partial charge is 0.387 e. The third-order valence-electron chi connectivity index (χ3n) is 6.16. The number of amides is 3. The lowest BCUT2D eigenvalue weighted by Crippen LogP contribution is -2.58. The van der Waals surface area contributed by atoms with Crippen LogP contribution in [0.3, 0.4) is 0 Å². The molecule has 2 heterocycles. The summed E-state index contributed by atoms with van der Waals surface area (Å²) >= 11 is 0. The van der Waals surface area contributed by atoms with E-state index in [1.54, 1.807) is 6.92 Å². The first-order valence-corrected chi connectivity index (χ1v) is 11.1. The maximum Gasteiger partial charge on any atom is 0.387 e. The highest BCUT2D eigenvalue weighted by atomic mass is 19.3. The number of hydrogen-bond acceptors (Lipinski definition) is 7. The molecule has 3 N–H and O–H groups in total. The first-order valence-electron chi connectivity index (χ1n) is 11.1. The minimum Gasteiger partial charge on any atom is -0.490 e. The number of carbonyl (C=O) groups excluding carboxylic acids is 3. The summed E-state index contributed by atoms with van der Waals surface area (Å²) in [4.78, 5) is 52.3. The van der Waals surface area contributed by atoms with Crippen LogP contribution < -0.4 is 20.1 Å². The molecule has 2 aliphatic rings. The number of carboxylic acids is 1. The zero-order valence-corrected chi connectivity index (χ0v) is 19.3. The summed E-state index contributed by atoms with van der Waals surface area (Å²) in [6, 6.07) is 6.79. The molecule has 1 saturated heterocycles. The van der Waals surface area contributed by atoms with E-state index >= 15 is 0 Å². The number of carboxylic acid groups (broad SMARTS) is 1. The second-order valence-electron chi connectivity index (χ2n) is 8.23. The van der Waals surface area contributed by atoms with E-state index in [0.29, 0.717) is 0 Å². The summed E-state index contributed by atoms with van der Waals surface area (Å²) in [5.74, 6) is -3.70. The predicted octanol–water partition coefficient (Wildman–Crippen LogP) is 2.58. The lowest BCUT2D eigenvalue weighted by atomic mass is 9.80. The van der Waals surface area contributed by atoms with E-state index in [-0.39, 0.29) is 53.4 Å². The number of carbonyl (C=O) groups is 4. The van der Waals surface area contributed by atoms with Gasteiger partial charge >= 0.3 is 12.6 Å². The number of hydrogen-bond donors (Lipinski definition) is 3. The van der Waals surface area contributed by atoms with Gasteiger partial charge in [0.25, 0.3) is 11.8 Å². The Labute approximate surface area is 204 Å². The van der Waals surface area contributed by atoms with Gasteiger partial charge in [0, 0.05) is 6.92 Å². The Morgan fingerprint density at radius 1 is 1.22 bits per heavy atom. The van der Waals surface area contributed by atoms with Crippen LogP contribution in [-0.2, 0) is 15.1 Å². The zero-order valence-electron chi connectivity index (χ0n) is 19.3. The number of anilines is 1. The minimum atomic E-state index is -3.13. The monoisotopic (exact) mass is 503 g/mol. The van der Waals surface area contributed by atoms with Gasteiger partial charge in [0.2, 0.25) is 5.91 Å². The van der Waals surface area contributed by atoms with Gasteiger partial charge < -0.3 is 25.2 Å². The van der Waals surface area contributed by atoms with Crippen LogP contribution in [0.5, 0.6) is 11.5 Å². The Morgan fingerprint density at radius 3 is 2.61 bits per heavy atom. The molecule has 10 nitrogen and oxygen atoms in total. The van der Waals surface area contributed by atoms with E-state index in [2.05, 4.69) is 15.4 Å². The number of ether oxygens (including phenoxy) is 2. The number of nitrogens with zero attached hydrogens (tertiary/aromatic N) is 1. The summed E-state index contributed by atoms with van der Waals surface area (Å²) in [6.45, 7) is -0.0299. The van der Waals surface area contributed by atoms with Crippen LogP contribution in [0.15, 0.2) is 36.4 Å². The number of imide groups is 1. The molecule has 0 saturated carbocycles. The molecule has 12 heteroatoms. The summed E-state index contributed by atoms with van der Waals surface area (Å²) in [5.41, 5.74) is -1.49. The fraction of sp³-hybridized carbons (Fsp3) is 0.333. The Hall–Kier alpha value is -4.06. The quantitative estimate of drug-likeness (QED) is 0.468. The molecule has 2 aliphatic heterocycles. The van der Waals surface area contributed by atoms with E-state index < -0.39 is 41.9 Å². The molecule has 2 aromatic rings. The van der Waals surface area contributed by atoms with Crippen LogP contribution in [-0.4, -0.2) is 59.5 Å². The van der Waals surface area contributed by atoms with Crippen molar-refractivity contribution < 1.29 is 42.5 Å². The van der Waals surface area contributed by atoms with Crippen molar-refractivity contribution in [2.24, 2.45) is 0 Å².